The maximum Gasteiger partial charge on any atom is 0.0840 e. The SMILES string of the molecule is CC1OC(COCc2ccccc2)C(C)C(C)C1N=[N+]=[N-]. The van der Waals surface area contributed by atoms with Crippen molar-refractivity contribution in [2.75, 3.05) is 6.61 Å². The zero-order valence-corrected chi connectivity index (χ0v) is 12.8. The van der Waals surface area contributed by atoms with E-state index in [1.54, 1.807) is 0 Å². The highest BCUT2D eigenvalue weighted by Crippen LogP contribution is 2.32. The van der Waals surface area contributed by atoms with Gasteiger partial charge >= 0.3 is 0 Å². The van der Waals surface area contributed by atoms with Gasteiger partial charge in [-0.25, -0.2) is 0 Å². The predicted octanol–water partition coefficient (Wildman–Crippen LogP) is 3.94. The van der Waals surface area contributed by atoms with Crippen LogP contribution in [0.1, 0.15) is 26.3 Å². The van der Waals surface area contributed by atoms with Gasteiger partial charge in [0.1, 0.15) is 0 Å². The third-order valence-electron chi connectivity index (χ3n) is 4.40. The van der Waals surface area contributed by atoms with E-state index in [0.717, 1.165) is 5.56 Å². The standard InChI is InChI=1S/C16H23N3O2/c1-11-12(2)16(18-19-17)13(3)21-15(11)10-20-9-14-7-5-4-6-8-14/h4-8,11-13,15-16H,9-10H2,1-3H3. The van der Waals surface area contributed by atoms with Crippen molar-refractivity contribution >= 4 is 0 Å². The van der Waals surface area contributed by atoms with Gasteiger partial charge in [-0.1, -0.05) is 49.3 Å². The summed E-state index contributed by atoms with van der Waals surface area (Å²) in [6.45, 7) is 7.37. The topological polar surface area (TPSA) is 67.2 Å². The van der Waals surface area contributed by atoms with Gasteiger partial charge in [0.15, 0.2) is 0 Å². The van der Waals surface area contributed by atoms with E-state index in [0.29, 0.717) is 19.1 Å². The second-order valence-corrected chi connectivity index (χ2v) is 5.79. The van der Waals surface area contributed by atoms with Crippen LogP contribution in [0.3, 0.4) is 0 Å². The molecule has 1 saturated heterocycles. The third kappa shape index (κ3) is 3.97. The molecule has 2 rings (SSSR count). The fraction of sp³-hybridized carbons (Fsp3) is 0.625. The zero-order chi connectivity index (χ0) is 15.2. The van der Waals surface area contributed by atoms with Gasteiger partial charge in [-0.3, -0.25) is 0 Å². The first-order valence-corrected chi connectivity index (χ1v) is 7.44. The van der Waals surface area contributed by atoms with E-state index in [1.165, 1.54) is 0 Å². The number of nitrogens with zero attached hydrogens (tertiary/aromatic N) is 3. The normalized spacial score (nSPS) is 32.4. The predicted molar refractivity (Wildman–Crippen MR) is 81.7 cm³/mol. The summed E-state index contributed by atoms with van der Waals surface area (Å²) in [7, 11) is 0. The average Bonchev–Trinajstić information content (AvgIpc) is 2.50. The van der Waals surface area contributed by atoms with Crippen LogP contribution in [-0.2, 0) is 16.1 Å². The minimum Gasteiger partial charge on any atom is -0.374 e. The van der Waals surface area contributed by atoms with Gasteiger partial charge in [-0.05, 0) is 29.9 Å². The van der Waals surface area contributed by atoms with Crippen LogP contribution in [0, 0.1) is 11.8 Å². The molecule has 0 amide bonds. The maximum absolute atomic E-state index is 8.65. The highest BCUT2D eigenvalue weighted by molar-refractivity contribution is 5.13. The van der Waals surface area contributed by atoms with E-state index in [-0.39, 0.29) is 24.2 Å². The molecule has 0 saturated carbocycles. The first-order chi connectivity index (χ1) is 10.1. The molecule has 1 aliphatic rings. The molecule has 0 radical (unpaired) electrons. The molecule has 1 heterocycles. The summed E-state index contributed by atoms with van der Waals surface area (Å²) in [5.41, 5.74) is 9.81. The summed E-state index contributed by atoms with van der Waals surface area (Å²) in [6.07, 6.45) is -0.0266. The van der Waals surface area contributed by atoms with Crippen molar-refractivity contribution in [3.63, 3.8) is 0 Å². The molecule has 1 fully saturated rings. The number of ether oxygens (including phenoxy) is 2. The van der Waals surface area contributed by atoms with Crippen LogP contribution in [0.15, 0.2) is 35.4 Å². The molecular formula is C16H23N3O2. The lowest BCUT2D eigenvalue weighted by atomic mass is 9.80. The molecule has 0 bridgehead atoms. The van der Waals surface area contributed by atoms with E-state index in [2.05, 4.69) is 23.9 Å². The van der Waals surface area contributed by atoms with Crippen LogP contribution in [0.4, 0.5) is 0 Å². The van der Waals surface area contributed by atoms with E-state index in [1.807, 2.05) is 37.3 Å². The Morgan fingerprint density at radius 2 is 1.90 bits per heavy atom. The molecule has 21 heavy (non-hydrogen) atoms. The Balaban J connectivity index is 1.88. The van der Waals surface area contributed by atoms with Gasteiger partial charge in [-0.2, -0.15) is 0 Å². The molecule has 0 aromatic heterocycles. The molecule has 0 aliphatic carbocycles. The first kappa shape index (κ1) is 15.8. The first-order valence-electron chi connectivity index (χ1n) is 7.44. The Morgan fingerprint density at radius 1 is 1.19 bits per heavy atom. The van der Waals surface area contributed by atoms with Crippen molar-refractivity contribution in [3.8, 4) is 0 Å². The van der Waals surface area contributed by atoms with Crippen LogP contribution >= 0.6 is 0 Å². The van der Waals surface area contributed by atoms with Crippen LogP contribution in [-0.4, -0.2) is 24.9 Å². The van der Waals surface area contributed by atoms with E-state index in [9.17, 15) is 0 Å². The summed E-state index contributed by atoms with van der Waals surface area (Å²) < 4.78 is 11.8. The van der Waals surface area contributed by atoms with Gasteiger partial charge in [0.05, 0.1) is 31.5 Å². The second-order valence-electron chi connectivity index (χ2n) is 5.79. The van der Waals surface area contributed by atoms with Crippen molar-refractivity contribution in [2.24, 2.45) is 17.0 Å². The summed E-state index contributed by atoms with van der Waals surface area (Å²) in [5.74, 6) is 0.586. The number of azide groups is 1. The van der Waals surface area contributed by atoms with Gasteiger partial charge < -0.3 is 9.47 Å². The van der Waals surface area contributed by atoms with Crippen LogP contribution in [0.25, 0.3) is 10.4 Å². The lowest BCUT2D eigenvalue weighted by Gasteiger charge is -2.41. The highest BCUT2D eigenvalue weighted by atomic mass is 16.5. The summed E-state index contributed by atoms with van der Waals surface area (Å²) in [4.78, 5) is 2.94. The molecule has 1 aliphatic heterocycles. The van der Waals surface area contributed by atoms with Crippen LogP contribution < -0.4 is 0 Å². The fourth-order valence-corrected chi connectivity index (χ4v) is 2.87. The minimum absolute atomic E-state index is 0.0452. The molecule has 1 aromatic rings. The lowest BCUT2D eigenvalue weighted by molar-refractivity contribution is -0.134. The number of rotatable bonds is 5. The highest BCUT2D eigenvalue weighted by Gasteiger charge is 2.38. The van der Waals surface area contributed by atoms with Crippen molar-refractivity contribution in [1.29, 1.82) is 0 Å². The van der Waals surface area contributed by atoms with Crippen molar-refractivity contribution in [1.82, 2.24) is 0 Å². The maximum atomic E-state index is 8.65. The Bertz CT molecular complexity index is 488. The summed E-state index contributed by atoms with van der Waals surface area (Å²) in [6, 6.07) is 10.0. The van der Waals surface area contributed by atoms with Gasteiger partial charge in [0, 0.05) is 4.91 Å². The van der Waals surface area contributed by atoms with Crippen molar-refractivity contribution in [3.05, 3.63) is 46.3 Å². The average molecular weight is 289 g/mol. The molecular weight excluding hydrogens is 266 g/mol. The van der Waals surface area contributed by atoms with E-state index < -0.39 is 0 Å². The fourth-order valence-electron chi connectivity index (χ4n) is 2.87. The molecule has 5 heteroatoms. The zero-order valence-electron chi connectivity index (χ0n) is 12.8. The second kappa shape index (κ2) is 7.46. The Labute approximate surface area is 125 Å². The summed E-state index contributed by atoms with van der Waals surface area (Å²) >= 11 is 0. The van der Waals surface area contributed by atoms with Crippen molar-refractivity contribution < 1.29 is 9.47 Å². The molecule has 0 spiro atoms. The number of benzene rings is 1. The molecule has 5 unspecified atom stereocenters. The van der Waals surface area contributed by atoms with Crippen LogP contribution in [0.5, 0.6) is 0 Å². The van der Waals surface area contributed by atoms with Gasteiger partial charge in [0.25, 0.3) is 0 Å². The largest absolute Gasteiger partial charge is 0.374 e. The lowest BCUT2D eigenvalue weighted by Crippen LogP contribution is -2.48. The molecule has 0 N–H and O–H groups in total. The van der Waals surface area contributed by atoms with E-state index >= 15 is 0 Å². The van der Waals surface area contributed by atoms with Crippen molar-refractivity contribution in [2.45, 2.75) is 45.6 Å². The Morgan fingerprint density at radius 3 is 2.57 bits per heavy atom. The monoisotopic (exact) mass is 289 g/mol. The number of hydrogen-bond acceptors (Lipinski definition) is 3. The Kier molecular flexibility index (Phi) is 5.62. The molecule has 114 valence electrons. The summed E-state index contributed by atoms with van der Waals surface area (Å²) in [5, 5.41) is 3.87. The number of hydrogen-bond donors (Lipinski definition) is 0. The smallest absolute Gasteiger partial charge is 0.0840 e. The Hall–Kier alpha value is -1.55. The molecule has 5 nitrogen and oxygen atoms in total. The van der Waals surface area contributed by atoms with E-state index in [4.69, 9.17) is 15.0 Å². The third-order valence-corrected chi connectivity index (χ3v) is 4.40. The molecule has 1 aromatic carbocycles. The molecule has 5 atom stereocenters. The quantitative estimate of drug-likeness (QED) is 0.468. The van der Waals surface area contributed by atoms with Gasteiger partial charge in [-0.15, -0.1) is 0 Å². The van der Waals surface area contributed by atoms with Gasteiger partial charge in [0.2, 0.25) is 0 Å². The minimum atomic E-state index is -0.102. The van der Waals surface area contributed by atoms with Crippen LogP contribution in [0.2, 0.25) is 0 Å².